The predicted octanol–water partition coefficient (Wildman–Crippen LogP) is 14.9. The van der Waals surface area contributed by atoms with Crippen molar-refractivity contribution in [1.29, 1.82) is 0 Å². The molecule has 5 aromatic carbocycles. The van der Waals surface area contributed by atoms with E-state index in [1.165, 1.54) is 113 Å². The van der Waals surface area contributed by atoms with Crippen LogP contribution >= 0.6 is 11.3 Å². The van der Waals surface area contributed by atoms with Gasteiger partial charge in [0.1, 0.15) is 0 Å². The van der Waals surface area contributed by atoms with Gasteiger partial charge >= 0.3 is 0 Å². The smallest absolute Gasteiger partial charge is 0.259 e. The van der Waals surface area contributed by atoms with Crippen molar-refractivity contribution in [3.05, 3.63) is 154 Å². The highest BCUT2D eigenvalue weighted by molar-refractivity contribution is 7.32. The van der Waals surface area contributed by atoms with Gasteiger partial charge in [0, 0.05) is 43.0 Å². The lowest BCUT2D eigenvalue weighted by Crippen LogP contribution is -2.60. The monoisotopic (exact) mass is 856 g/mol. The van der Waals surface area contributed by atoms with Crippen LogP contribution in [0.1, 0.15) is 136 Å². The summed E-state index contributed by atoms with van der Waals surface area (Å²) in [4.78, 5) is 5.57. The Morgan fingerprint density at radius 2 is 1.31 bits per heavy atom. The van der Waals surface area contributed by atoms with Crippen molar-refractivity contribution in [3.8, 4) is 11.1 Å². The van der Waals surface area contributed by atoms with Crippen LogP contribution in [0.3, 0.4) is 0 Å². The fourth-order valence-corrected chi connectivity index (χ4v) is 14.7. The average Bonchev–Trinajstić information content (AvgIpc) is 4.04. The van der Waals surface area contributed by atoms with E-state index in [1.807, 2.05) is 0 Å². The first-order valence-corrected chi connectivity index (χ1v) is 25.3. The van der Waals surface area contributed by atoms with E-state index >= 15 is 0 Å². The quantitative estimate of drug-likeness (QED) is 0.164. The summed E-state index contributed by atoms with van der Waals surface area (Å²) < 4.78 is 2.91. The van der Waals surface area contributed by atoms with Crippen LogP contribution in [-0.2, 0) is 21.7 Å². The molecule has 0 N–H and O–H groups in total. The zero-order valence-electron chi connectivity index (χ0n) is 40.1. The first-order chi connectivity index (χ1) is 30.4. The third kappa shape index (κ3) is 5.95. The van der Waals surface area contributed by atoms with Gasteiger partial charge in [0.25, 0.3) is 6.71 Å². The summed E-state index contributed by atoms with van der Waals surface area (Å²) in [5.74, 6) is 2.36. The molecule has 324 valence electrons. The van der Waals surface area contributed by atoms with Gasteiger partial charge in [0.2, 0.25) is 0 Å². The number of rotatable bonds is 3. The highest BCUT2D eigenvalue weighted by atomic mass is 32.1. The molecule has 3 heterocycles. The van der Waals surface area contributed by atoms with Crippen molar-refractivity contribution in [1.82, 2.24) is 0 Å². The van der Waals surface area contributed by atoms with Crippen molar-refractivity contribution >= 4 is 61.1 Å². The van der Waals surface area contributed by atoms with Gasteiger partial charge in [0.15, 0.2) is 0 Å². The molecule has 2 nitrogen and oxygen atoms in total. The van der Waals surface area contributed by atoms with Crippen LogP contribution in [0.5, 0.6) is 0 Å². The largest absolute Gasteiger partial charge is 0.334 e. The van der Waals surface area contributed by atoms with E-state index in [2.05, 4.69) is 207 Å². The molecule has 4 heteroatoms. The Morgan fingerprint density at radius 1 is 0.656 bits per heavy atom. The second-order valence-electron chi connectivity index (χ2n) is 24.2. The van der Waals surface area contributed by atoms with Crippen molar-refractivity contribution in [3.63, 3.8) is 0 Å². The van der Waals surface area contributed by atoms with E-state index in [1.54, 1.807) is 11.0 Å². The van der Waals surface area contributed by atoms with Crippen LogP contribution in [0.4, 0.5) is 22.7 Å². The molecule has 2 aliphatic heterocycles. The number of thiophene rings is 1. The van der Waals surface area contributed by atoms with E-state index in [4.69, 9.17) is 0 Å². The molecular formula is C60H65BN2S. The maximum Gasteiger partial charge on any atom is 0.259 e. The Hall–Kier alpha value is -4.80. The van der Waals surface area contributed by atoms with E-state index in [0.29, 0.717) is 5.92 Å². The van der Waals surface area contributed by atoms with Crippen LogP contribution in [0.2, 0.25) is 0 Å². The molecule has 6 aliphatic rings. The van der Waals surface area contributed by atoms with Crippen LogP contribution < -0.4 is 20.0 Å². The lowest BCUT2D eigenvalue weighted by atomic mass is 9.33. The Balaban J connectivity index is 1.17. The summed E-state index contributed by atoms with van der Waals surface area (Å²) in [5.41, 5.74) is 21.5. The number of hydrogen-bond donors (Lipinski definition) is 0. The van der Waals surface area contributed by atoms with Gasteiger partial charge < -0.3 is 9.80 Å². The fraction of sp³-hybridized carbons (Fsp3) is 0.400. The van der Waals surface area contributed by atoms with Gasteiger partial charge in [-0.05, 0) is 158 Å². The molecule has 4 aliphatic carbocycles. The summed E-state index contributed by atoms with van der Waals surface area (Å²) >= 11 is 2.07. The van der Waals surface area contributed by atoms with Gasteiger partial charge in [-0.1, -0.05) is 149 Å². The minimum Gasteiger partial charge on any atom is -0.334 e. The van der Waals surface area contributed by atoms with Gasteiger partial charge in [-0.3, -0.25) is 0 Å². The van der Waals surface area contributed by atoms with Gasteiger partial charge in [-0.25, -0.2) is 0 Å². The summed E-state index contributed by atoms with van der Waals surface area (Å²) in [6, 6.07) is 41.5. The minimum absolute atomic E-state index is 0.0158. The van der Waals surface area contributed by atoms with Crippen LogP contribution in [0.25, 0.3) is 21.2 Å². The number of hydrogen-bond acceptors (Lipinski definition) is 3. The molecule has 2 saturated carbocycles. The predicted molar refractivity (Wildman–Crippen MR) is 277 cm³/mol. The Kier molecular flexibility index (Phi) is 8.67. The first kappa shape index (κ1) is 40.7. The molecule has 6 aromatic rings. The number of fused-ring (bicyclic) bond motifs is 11. The summed E-state index contributed by atoms with van der Waals surface area (Å²) in [6.07, 6.45) is 9.41. The molecule has 0 radical (unpaired) electrons. The highest BCUT2D eigenvalue weighted by Gasteiger charge is 2.52. The van der Waals surface area contributed by atoms with E-state index in [9.17, 15) is 0 Å². The average molecular weight is 857 g/mol. The Bertz CT molecular complexity index is 2970. The van der Waals surface area contributed by atoms with Crippen molar-refractivity contribution in [2.75, 3.05) is 9.80 Å². The number of nitrogens with zero attached hydrogens (tertiary/aromatic N) is 2. The Morgan fingerprint density at radius 3 is 1.95 bits per heavy atom. The molecule has 0 amide bonds. The van der Waals surface area contributed by atoms with Crippen molar-refractivity contribution in [2.24, 2.45) is 17.8 Å². The molecule has 4 unspecified atom stereocenters. The van der Waals surface area contributed by atoms with Crippen molar-refractivity contribution < 1.29 is 0 Å². The zero-order chi connectivity index (χ0) is 44.4. The van der Waals surface area contributed by atoms with Crippen molar-refractivity contribution in [2.45, 2.75) is 136 Å². The zero-order valence-corrected chi connectivity index (χ0v) is 40.9. The molecular weight excluding hydrogens is 792 g/mol. The SMILES string of the molecule is CC(C)(C)c1ccc(N2C3=C4B(c5cc(C(C)(C)C)ccc52)c2sc5cc6c(cc5c2N(c2ccc(C(C)(C)C)cc2)C4CC(C2CC4CCC2C4)=C3)-c2ccccc2C6(C)C)cc1. The molecule has 2 bridgehead atoms. The molecule has 0 saturated heterocycles. The Labute approximate surface area is 387 Å². The number of allylic oxidation sites excluding steroid dienone is 1. The first-order valence-electron chi connectivity index (χ1n) is 24.5. The van der Waals surface area contributed by atoms with E-state index in [-0.39, 0.29) is 34.4 Å². The standard InChI is InChI=1S/C60H65BN2S/c1-57(2,3)38-18-23-41(24-19-38)62-50-27-22-40(59(7,8)9)32-49(50)61-54-51(62)30-37(44-29-35-16-17-36(44)28-35)31-52(54)63(42-25-20-39(21-26-42)58(4,5)6)55-46-33-45-43-14-12-13-15-47(43)60(10,11)48(45)34-53(46)64-56(55)61/h12-15,18-27,30,32-36,44,52H,16-17,28-29,31H2,1-11H3. The summed E-state index contributed by atoms with van der Waals surface area (Å²) in [6.45, 7) is 26.2. The highest BCUT2D eigenvalue weighted by Crippen LogP contribution is 2.58. The third-order valence-electron chi connectivity index (χ3n) is 16.8. The second-order valence-corrected chi connectivity index (χ2v) is 25.3. The fourth-order valence-electron chi connectivity index (χ4n) is 13.3. The lowest BCUT2D eigenvalue weighted by Gasteiger charge is -2.50. The molecule has 0 spiro atoms. The molecule has 64 heavy (non-hydrogen) atoms. The van der Waals surface area contributed by atoms with E-state index < -0.39 is 0 Å². The topological polar surface area (TPSA) is 6.48 Å². The summed E-state index contributed by atoms with van der Waals surface area (Å²) in [7, 11) is 0. The van der Waals surface area contributed by atoms with Crippen LogP contribution in [-0.4, -0.2) is 12.8 Å². The van der Waals surface area contributed by atoms with Gasteiger partial charge in [0.05, 0.1) is 11.7 Å². The molecule has 2 fully saturated rings. The molecule has 4 atom stereocenters. The lowest BCUT2D eigenvalue weighted by molar-refractivity contribution is 0.366. The van der Waals surface area contributed by atoms with Crippen LogP contribution in [0, 0.1) is 17.8 Å². The normalized spacial score (nSPS) is 23.0. The third-order valence-corrected chi connectivity index (χ3v) is 18.0. The van der Waals surface area contributed by atoms with Gasteiger partial charge in [-0.15, -0.1) is 11.3 Å². The van der Waals surface area contributed by atoms with Crippen LogP contribution in [0.15, 0.2) is 126 Å². The second kappa shape index (κ2) is 13.6. The maximum atomic E-state index is 2.87. The molecule has 1 aromatic heterocycles. The number of benzene rings is 5. The molecule has 12 rings (SSSR count). The van der Waals surface area contributed by atoms with E-state index in [0.717, 1.165) is 18.3 Å². The summed E-state index contributed by atoms with van der Waals surface area (Å²) in [5, 5.41) is 1.41. The van der Waals surface area contributed by atoms with Gasteiger partial charge in [-0.2, -0.15) is 0 Å². The minimum atomic E-state index is -0.0572. The number of anilines is 4. The maximum absolute atomic E-state index is 2.87.